The van der Waals surface area contributed by atoms with Gasteiger partial charge >= 0.3 is 0 Å². The molecule has 2 rings (SSSR count). The summed E-state index contributed by atoms with van der Waals surface area (Å²) in [5.74, 6) is 0. The molecule has 1 unspecified atom stereocenters. The normalized spacial score (nSPS) is 13.5. The third-order valence-electron chi connectivity index (χ3n) is 3.19. The summed E-state index contributed by atoms with van der Waals surface area (Å²) in [7, 11) is 0. The zero-order valence-corrected chi connectivity index (χ0v) is 11.1. The first-order valence-electron chi connectivity index (χ1n) is 6.54. The van der Waals surface area contributed by atoms with Gasteiger partial charge in [-0.25, -0.2) is 0 Å². The Bertz CT molecular complexity index is 528. The van der Waals surface area contributed by atoms with Crippen molar-refractivity contribution in [2.24, 2.45) is 0 Å². The number of nitriles is 1. The van der Waals surface area contributed by atoms with Gasteiger partial charge in [0, 0.05) is 12.5 Å². The molecule has 2 nitrogen and oxygen atoms in total. The van der Waals surface area contributed by atoms with Gasteiger partial charge in [-0.1, -0.05) is 60.7 Å². The zero-order chi connectivity index (χ0) is 13.5. The van der Waals surface area contributed by atoms with Crippen LogP contribution in [0.25, 0.3) is 0 Å². The molecule has 0 saturated carbocycles. The van der Waals surface area contributed by atoms with Gasteiger partial charge in [0.25, 0.3) is 0 Å². The van der Waals surface area contributed by atoms with Gasteiger partial charge in [0.15, 0.2) is 0 Å². The van der Waals surface area contributed by atoms with E-state index in [9.17, 15) is 5.26 Å². The third-order valence-corrected chi connectivity index (χ3v) is 3.19. The van der Waals surface area contributed by atoms with Crippen molar-refractivity contribution < 1.29 is 0 Å². The van der Waals surface area contributed by atoms with Gasteiger partial charge in [-0.2, -0.15) is 5.26 Å². The highest BCUT2D eigenvalue weighted by atomic mass is 14.9. The monoisotopic (exact) mass is 250 g/mol. The second-order valence-corrected chi connectivity index (χ2v) is 4.67. The van der Waals surface area contributed by atoms with Crippen LogP contribution in [0.15, 0.2) is 60.7 Å². The lowest BCUT2D eigenvalue weighted by Gasteiger charge is -2.18. The second kappa shape index (κ2) is 6.72. The molecular formula is C17H18N2. The van der Waals surface area contributed by atoms with E-state index >= 15 is 0 Å². The summed E-state index contributed by atoms with van der Waals surface area (Å²) in [4.78, 5) is 0. The van der Waals surface area contributed by atoms with Gasteiger partial charge < -0.3 is 0 Å². The molecular weight excluding hydrogens is 232 g/mol. The average Bonchev–Trinajstić information content (AvgIpc) is 2.48. The number of nitrogens with zero attached hydrogens (tertiary/aromatic N) is 1. The van der Waals surface area contributed by atoms with E-state index in [4.69, 9.17) is 0 Å². The van der Waals surface area contributed by atoms with Crippen molar-refractivity contribution in [2.45, 2.75) is 25.4 Å². The lowest BCUT2D eigenvalue weighted by atomic mass is 10.0. The van der Waals surface area contributed by atoms with Crippen LogP contribution in [-0.2, 0) is 6.42 Å². The Balaban J connectivity index is 1.98. The molecule has 0 bridgehead atoms. The van der Waals surface area contributed by atoms with E-state index in [1.54, 1.807) is 0 Å². The molecule has 0 aliphatic carbocycles. The van der Waals surface area contributed by atoms with E-state index in [1.165, 1.54) is 11.1 Å². The molecule has 0 saturated heterocycles. The van der Waals surface area contributed by atoms with Gasteiger partial charge in [-0.05, 0) is 18.1 Å². The molecule has 0 radical (unpaired) electrons. The Morgan fingerprint density at radius 3 is 2.16 bits per heavy atom. The second-order valence-electron chi connectivity index (χ2n) is 4.67. The van der Waals surface area contributed by atoms with Crippen LogP contribution in [0.1, 0.15) is 24.1 Å². The van der Waals surface area contributed by atoms with Crippen LogP contribution in [0.2, 0.25) is 0 Å². The number of nitrogens with one attached hydrogen (secondary N) is 1. The van der Waals surface area contributed by atoms with E-state index in [0.29, 0.717) is 0 Å². The molecule has 0 heterocycles. The van der Waals surface area contributed by atoms with Gasteiger partial charge in [-0.3, -0.25) is 5.32 Å². The molecule has 0 aliphatic rings. The van der Waals surface area contributed by atoms with Crippen molar-refractivity contribution in [1.82, 2.24) is 5.32 Å². The highest BCUT2D eigenvalue weighted by Gasteiger charge is 2.12. The van der Waals surface area contributed by atoms with E-state index in [-0.39, 0.29) is 12.1 Å². The maximum Gasteiger partial charge on any atom is 0.0998 e. The lowest BCUT2D eigenvalue weighted by Crippen LogP contribution is -2.32. The van der Waals surface area contributed by atoms with Crippen LogP contribution in [0.3, 0.4) is 0 Å². The van der Waals surface area contributed by atoms with Crippen molar-refractivity contribution >= 4 is 0 Å². The molecule has 0 amide bonds. The highest BCUT2D eigenvalue weighted by Crippen LogP contribution is 2.13. The predicted octanol–water partition coefficient (Wildman–Crippen LogP) is 3.47. The van der Waals surface area contributed by atoms with Crippen LogP contribution in [0, 0.1) is 11.3 Å². The van der Waals surface area contributed by atoms with Crippen LogP contribution < -0.4 is 5.32 Å². The van der Waals surface area contributed by atoms with Crippen LogP contribution in [0.5, 0.6) is 0 Å². The van der Waals surface area contributed by atoms with Crippen LogP contribution >= 0.6 is 0 Å². The van der Waals surface area contributed by atoms with Gasteiger partial charge in [0.2, 0.25) is 0 Å². The van der Waals surface area contributed by atoms with E-state index in [2.05, 4.69) is 42.6 Å². The Labute approximate surface area is 114 Å². The quantitative estimate of drug-likeness (QED) is 0.882. The fraction of sp³-hybridized carbons (Fsp3) is 0.235. The summed E-state index contributed by atoms with van der Waals surface area (Å²) in [5, 5.41) is 12.6. The predicted molar refractivity (Wildman–Crippen MR) is 77.5 cm³/mol. The van der Waals surface area contributed by atoms with Crippen molar-refractivity contribution in [3.63, 3.8) is 0 Å². The SMILES string of the molecule is C[C@H](NC(C#N)Cc1ccccc1)c1ccccc1. The minimum Gasteiger partial charge on any atom is -0.295 e. The van der Waals surface area contributed by atoms with Gasteiger partial charge in [0.1, 0.15) is 0 Å². The Hall–Kier alpha value is -2.11. The summed E-state index contributed by atoms with van der Waals surface area (Å²) in [6.07, 6.45) is 0.731. The average molecular weight is 250 g/mol. The molecule has 0 aliphatic heterocycles. The summed E-state index contributed by atoms with van der Waals surface area (Å²) in [5.41, 5.74) is 2.39. The molecule has 0 fully saturated rings. The first-order valence-corrected chi connectivity index (χ1v) is 6.54. The lowest BCUT2D eigenvalue weighted by molar-refractivity contribution is 0.516. The van der Waals surface area contributed by atoms with Crippen LogP contribution in [0.4, 0.5) is 0 Å². The number of rotatable bonds is 5. The molecule has 0 aromatic heterocycles. The van der Waals surface area contributed by atoms with Crippen molar-refractivity contribution in [3.05, 3.63) is 71.8 Å². The molecule has 0 spiro atoms. The molecule has 2 heteroatoms. The van der Waals surface area contributed by atoms with E-state index < -0.39 is 0 Å². The Kier molecular flexibility index (Phi) is 4.72. The van der Waals surface area contributed by atoms with E-state index in [1.807, 2.05) is 36.4 Å². The largest absolute Gasteiger partial charge is 0.295 e. The summed E-state index contributed by atoms with van der Waals surface area (Å²) in [6.45, 7) is 2.09. The Morgan fingerprint density at radius 2 is 1.58 bits per heavy atom. The molecule has 19 heavy (non-hydrogen) atoms. The summed E-state index contributed by atoms with van der Waals surface area (Å²) in [6, 6.07) is 22.7. The minimum atomic E-state index is -0.169. The Morgan fingerprint density at radius 1 is 1.00 bits per heavy atom. The number of hydrogen-bond donors (Lipinski definition) is 1. The van der Waals surface area contributed by atoms with Crippen LogP contribution in [-0.4, -0.2) is 6.04 Å². The van der Waals surface area contributed by atoms with E-state index in [0.717, 1.165) is 6.42 Å². The first-order chi connectivity index (χ1) is 9.29. The van der Waals surface area contributed by atoms with Gasteiger partial charge in [-0.15, -0.1) is 0 Å². The van der Waals surface area contributed by atoms with Gasteiger partial charge in [0.05, 0.1) is 12.1 Å². The molecule has 96 valence electrons. The molecule has 2 aromatic carbocycles. The summed E-state index contributed by atoms with van der Waals surface area (Å²) < 4.78 is 0. The zero-order valence-electron chi connectivity index (χ0n) is 11.1. The fourth-order valence-corrected chi connectivity index (χ4v) is 2.13. The summed E-state index contributed by atoms with van der Waals surface area (Å²) >= 11 is 0. The first kappa shape index (κ1) is 13.3. The maximum absolute atomic E-state index is 9.27. The highest BCUT2D eigenvalue weighted by molar-refractivity contribution is 5.21. The topological polar surface area (TPSA) is 35.8 Å². The van der Waals surface area contributed by atoms with Crippen molar-refractivity contribution in [2.75, 3.05) is 0 Å². The smallest absolute Gasteiger partial charge is 0.0998 e. The molecule has 1 N–H and O–H groups in total. The fourth-order valence-electron chi connectivity index (χ4n) is 2.13. The standard InChI is InChI=1S/C17H18N2/c1-14(16-10-6-3-7-11-16)19-17(13-18)12-15-8-4-2-5-9-15/h2-11,14,17,19H,12H2,1H3/t14-,17?/m0/s1. The minimum absolute atomic E-state index is 0.169. The molecule has 2 atom stereocenters. The number of hydrogen-bond acceptors (Lipinski definition) is 2. The van der Waals surface area contributed by atoms with Crippen molar-refractivity contribution in [1.29, 1.82) is 5.26 Å². The van der Waals surface area contributed by atoms with Crippen molar-refractivity contribution in [3.8, 4) is 6.07 Å². The maximum atomic E-state index is 9.27. The molecule has 2 aromatic rings. The number of benzene rings is 2. The third kappa shape index (κ3) is 3.94.